The van der Waals surface area contributed by atoms with E-state index in [-0.39, 0.29) is 0 Å². The molecule has 0 aliphatic rings. The molecule has 3 rings (SSSR count). The summed E-state index contributed by atoms with van der Waals surface area (Å²) in [5.41, 5.74) is 2.97. The Hall–Kier alpha value is -2.49. The fourth-order valence-electron chi connectivity index (χ4n) is 2.30. The number of hydrogen-bond donors (Lipinski definition) is 1. The van der Waals surface area contributed by atoms with Gasteiger partial charge >= 0.3 is 0 Å². The van der Waals surface area contributed by atoms with Gasteiger partial charge in [0.2, 0.25) is 0 Å². The molecule has 0 radical (unpaired) electrons. The third kappa shape index (κ3) is 2.84. The lowest BCUT2D eigenvalue weighted by Crippen LogP contribution is -2.03. The number of nitrogens with zero attached hydrogens (tertiary/aromatic N) is 3. The number of aromatic nitrogens is 3. The zero-order valence-corrected chi connectivity index (χ0v) is 12.3. The van der Waals surface area contributed by atoms with E-state index in [0.29, 0.717) is 5.82 Å². The number of aryl methyl sites for hydroxylation is 1. The number of benzene rings is 1. The third-order valence-electron chi connectivity index (χ3n) is 3.36. The molecule has 1 N–H and O–H groups in total. The maximum atomic E-state index is 4.67. The van der Waals surface area contributed by atoms with Crippen LogP contribution in [-0.4, -0.2) is 21.5 Å². The summed E-state index contributed by atoms with van der Waals surface area (Å²) < 4.78 is 0. The minimum atomic E-state index is 0.657. The molecule has 106 valence electrons. The van der Waals surface area contributed by atoms with Gasteiger partial charge in [-0.3, -0.25) is 0 Å². The van der Waals surface area contributed by atoms with E-state index < -0.39 is 0 Å². The molecule has 0 aliphatic heterocycles. The molecular formula is C17H18N4. The van der Waals surface area contributed by atoms with Gasteiger partial charge in [-0.25, -0.2) is 15.0 Å². The van der Waals surface area contributed by atoms with Gasteiger partial charge in [-0.1, -0.05) is 25.1 Å². The summed E-state index contributed by atoms with van der Waals surface area (Å²) >= 11 is 0. The van der Waals surface area contributed by atoms with E-state index in [9.17, 15) is 0 Å². The predicted octanol–water partition coefficient (Wildman–Crippen LogP) is 3.82. The van der Waals surface area contributed by atoms with Crippen LogP contribution in [0.25, 0.3) is 22.4 Å². The van der Waals surface area contributed by atoms with Gasteiger partial charge in [0, 0.05) is 18.1 Å². The highest BCUT2D eigenvalue weighted by molar-refractivity contribution is 5.84. The van der Waals surface area contributed by atoms with E-state index in [1.807, 2.05) is 30.3 Å². The average Bonchev–Trinajstić information content (AvgIpc) is 2.53. The molecule has 0 aliphatic carbocycles. The molecule has 0 fully saturated rings. The minimum absolute atomic E-state index is 0.657. The SMILES string of the molecule is CCCNc1ccnc(-c2cc(C)c3ccccc3n2)n1. The summed E-state index contributed by atoms with van der Waals surface area (Å²) in [6, 6.07) is 12.1. The van der Waals surface area contributed by atoms with Crippen LogP contribution in [0.1, 0.15) is 18.9 Å². The number of hydrogen-bond acceptors (Lipinski definition) is 4. The number of anilines is 1. The van der Waals surface area contributed by atoms with Crippen molar-refractivity contribution in [1.29, 1.82) is 0 Å². The minimum Gasteiger partial charge on any atom is -0.370 e. The molecule has 0 bridgehead atoms. The van der Waals surface area contributed by atoms with Crippen LogP contribution < -0.4 is 5.32 Å². The monoisotopic (exact) mass is 278 g/mol. The Bertz CT molecular complexity index is 768. The van der Waals surface area contributed by atoms with Crippen LogP contribution in [0.3, 0.4) is 0 Å². The van der Waals surface area contributed by atoms with Crippen LogP contribution in [0.15, 0.2) is 42.6 Å². The Labute approximate surface area is 124 Å². The number of rotatable bonds is 4. The van der Waals surface area contributed by atoms with E-state index >= 15 is 0 Å². The lowest BCUT2D eigenvalue weighted by Gasteiger charge is -2.07. The van der Waals surface area contributed by atoms with E-state index in [1.54, 1.807) is 6.20 Å². The molecule has 0 spiro atoms. The summed E-state index contributed by atoms with van der Waals surface area (Å²) in [6.45, 7) is 5.12. The van der Waals surface area contributed by atoms with Crippen LogP contribution in [0.4, 0.5) is 5.82 Å². The first-order valence-corrected chi connectivity index (χ1v) is 7.21. The van der Waals surface area contributed by atoms with Crippen molar-refractivity contribution in [2.24, 2.45) is 0 Å². The Kier molecular flexibility index (Phi) is 3.77. The molecule has 4 heteroatoms. The van der Waals surface area contributed by atoms with Crippen molar-refractivity contribution in [2.45, 2.75) is 20.3 Å². The molecule has 21 heavy (non-hydrogen) atoms. The molecule has 0 saturated heterocycles. The normalized spacial score (nSPS) is 10.8. The molecule has 2 heterocycles. The summed E-state index contributed by atoms with van der Waals surface area (Å²) in [7, 11) is 0. The van der Waals surface area contributed by atoms with Crippen LogP contribution in [0, 0.1) is 6.92 Å². The average molecular weight is 278 g/mol. The molecule has 2 aromatic heterocycles. The van der Waals surface area contributed by atoms with Gasteiger partial charge in [0.05, 0.1) is 5.52 Å². The zero-order chi connectivity index (χ0) is 14.7. The van der Waals surface area contributed by atoms with Crippen molar-refractivity contribution >= 4 is 16.7 Å². The number of para-hydroxylation sites is 1. The third-order valence-corrected chi connectivity index (χ3v) is 3.36. The van der Waals surface area contributed by atoms with Crippen molar-refractivity contribution in [2.75, 3.05) is 11.9 Å². The topological polar surface area (TPSA) is 50.7 Å². The van der Waals surface area contributed by atoms with E-state index in [1.165, 1.54) is 10.9 Å². The predicted molar refractivity (Wildman–Crippen MR) is 86.3 cm³/mol. The smallest absolute Gasteiger partial charge is 0.180 e. The van der Waals surface area contributed by atoms with Crippen LogP contribution >= 0.6 is 0 Å². The lowest BCUT2D eigenvalue weighted by molar-refractivity contribution is 0.965. The maximum absolute atomic E-state index is 4.67. The van der Waals surface area contributed by atoms with Gasteiger partial charge < -0.3 is 5.32 Å². The van der Waals surface area contributed by atoms with Gasteiger partial charge in [-0.2, -0.15) is 0 Å². The quantitative estimate of drug-likeness (QED) is 0.788. The van der Waals surface area contributed by atoms with Gasteiger partial charge in [0.15, 0.2) is 5.82 Å². The first-order valence-electron chi connectivity index (χ1n) is 7.21. The Morgan fingerprint density at radius 1 is 1.10 bits per heavy atom. The van der Waals surface area contributed by atoms with Crippen molar-refractivity contribution in [1.82, 2.24) is 15.0 Å². The molecule has 0 amide bonds. The van der Waals surface area contributed by atoms with Crippen molar-refractivity contribution < 1.29 is 0 Å². The van der Waals surface area contributed by atoms with E-state index in [0.717, 1.165) is 30.0 Å². The van der Waals surface area contributed by atoms with Crippen molar-refractivity contribution in [3.8, 4) is 11.5 Å². The Balaban J connectivity index is 2.04. The molecule has 4 nitrogen and oxygen atoms in total. The number of nitrogens with one attached hydrogen (secondary N) is 1. The first kappa shape index (κ1) is 13.5. The second-order valence-electron chi connectivity index (χ2n) is 5.03. The first-order chi connectivity index (χ1) is 10.3. The molecule has 0 atom stereocenters. The van der Waals surface area contributed by atoms with Gasteiger partial charge in [-0.05, 0) is 37.1 Å². The highest BCUT2D eigenvalue weighted by atomic mass is 15.0. The summed E-state index contributed by atoms with van der Waals surface area (Å²) in [5.74, 6) is 1.50. The molecule has 0 unspecified atom stereocenters. The highest BCUT2D eigenvalue weighted by Gasteiger charge is 2.07. The lowest BCUT2D eigenvalue weighted by atomic mass is 10.1. The molecule has 0 saturated carbocycles. The standard InChI is InChI=1S/C17H18N4/c1-3-9-18-16-8-10-19-17(21-16)15-11-12(2)13-6-4-5-7-14(13)20-15/h4-8,10-11H,3,9H2,1-2H3,(H,18,19,21). The second kappa shape index (κ2) is 5.87. The largest absolute Gasteiger partial charge is 0.370 e. The van der Waals surface area contributed by atoms with Crippen LogP contribution in [-0.2, 0) is 0 Å². The van der Waals surface area contributed by atoms with Gasteiger partial charge in [0.1, 0.15) is 11.5 Å². The van der Waals surface area contributed by atoms with E-state index in [2.05, 4.69) is 40.2 Å². The molecule has 1 aromatic carbocycles. The molecular weight excluding hydrogens is 260 g/mol. The Morgan fingerprint density at radius 3 is 2.81 bits per heavy atom. The second-order valence-corrected chi connectivity index (χ2v) is 5.03. The maximum Gasteiger partial charge on any atom is 0.180 e. The summed E-state index contributed by atoms with van der Waals surface area (Å²) in [4.78, 5) is 13.6. The van der Waals surface area contributed by atoms with Crippen LogP contribution in [0.2, 0.25) is 0 Å². The molecule has 3 aromatic rings. The fraction of sp³-hybridized carbons (Fsp3) is 0.235. The van der Waals surface area contributed by atoms with Crippen LogP contribution in [0.5, 0.6) is 0 Å². The van der Waals surface area contributed by atoms with Gasteiger partial charge in [-0.15, -0.1) is 0 Å². The number of pyridine rings is 1. The van der Waals surface area contributed by atoms with Gasteiger partial charge in [0.25, 0.3) is 0 Å². The fourth-order valence-corrected chi connectivity index (χ4v) is 2.30. The zero-order valence-electron chi connectivity index (χ0n) is 12.3. The van der Waals surface area contributed by atoms with Crippen molar-refractivity contribution in [3.05, 3.63) is 48.2 Å². The summed E-state index contributed by atoms with van der Waals surface area (Å²) in [5, 5.41) is 4.45. The van der Waals surface area contributed by atoms with Crippen molar-refractivity contribution in [3.63, 3.8) is 0 Å². The Morgan fingerprint density at radius 2 is 1.95 bits per heavy atom. The number of fused-ring (bicyclic) bond motifs is 1. The van der Waals surface area contributed by atoms with E-state index in [4.69, 9.17) is 0 Å². The summed E-state index contributed by atoms with van der Waals surface area (Å²) in [6.07, 6.45) is 2.83. The highest BCUT2D eigenvalue weighted by Crippen LogP contribution is 2.22.